The third kappa shape index (κ3) is 4.84. The van der Waals surface area contributed by atoms with Gasteiger partial charge in [-0.15, -0.1) is 0 Å². The van der Waals surface area contributed by atoms with Gasteiger partial charge in [0.2, 0.25) is 0 Å². The zero-order valence-corrected chi connectivity index (χ0v) is 17.4. The highest BCUT2D eigenvalue weighted by Crippen LogP contribution is 2.68. The Labute approximate surface area is 177 Å². The fourth-order valence-corrected chi connectivity index (χ4v) is 6.41. The Balaban J connectivity index is 2.18. The van der Waals surface area contributed by atoms with E-state index in [1.54, 1.807) is 0 Å². The highest BCUT2D eigenvalue weighted by molar-refractivity contribution is 7.83. The number of nitrogens with zero attached hydrogens (tertiary/aromatic N) is 2. The van der Waals surface area contributed by atoms with Gasteiger partial charge in [-0.2, -0.15) is 10.5 Å². The average molecular weight is 408 g/mol. The third-order valence-corrected chi connectivity index (χ3v) is 8.06. The van der Waals surface area contributed by atoms with Gasteiger partial charge >= 0.3 is 0 Å². The van der Waals surface area contributed by atoms with Crippen molar-refractivity contribution in [1.82, 2.24) is 0 Å². The first-order valence-corrected chi connectivity index (χ1v) is 11.5. The van der Waals surface area contributed by atoms with Crippen LogP contribution < -0.4 is 0 Å². The van der Waals surface area contributed by atoms with Crippen molar-refractivity contribution in [3.05, 3.63) is 120 Å². The molecule has 0 atom stereocenters. The van der Waals surface area contributed by atoms with Gasteiger partial charge < -0.3 is 4.57 Å². The van der Waals surface area contributed by atoms with E-state index < -0.39 is 7.14 Å². The number of hydrogen-bond acceptors (Lipinski definition) is 3. The summed E-state index contributed by atoms with van der Waals surface area (Å²) in [6.07, 6.45) is 3.63. The van der Waals surface area contributed by atoms with Crippen LogP contribution in [0.25, 0.3) is 10.6 Å². The summed E-state index contributed by atoms with van der Waals surface area (Å²) >= 11 is 0. The Bertz CT molecular complexity index is 1100. The quantitative estimate of drug-likeness (QED) is 0.322. The highest BCUT2D eigenvalue weighted by Gasteiger charge is 2.33. The fourth-order valence-electron chi connectivity index (χ4n) is 3.43. The van der Waals surface area contributed by atoms with E-state index in [0.29, 0.717) is 23.2 Å². The van der Waals surface area contributed by atoms with E-state index in [9.17, 15) is 15.1 Å². The molecule has 0 saturated carbocycles. The summed E-state index contributed by atoms with van der Waals surface area (Å²) in [6.45, 7) is 0. The largest absolute Gasteiger partial charge is 0.314 e. The highest BCUT2D eigenvalue weighted by atomic mass is 31.2. The summed E-state index contributed by atoms with van der Waals surface area (Å²) in [6, 6.07) is 32.6. The van der Waals surface area contributed by atoms with Gasteiger partial charge in [-0.3, -0.25) is 0 Å². The van der Waals surface area contributed by atoms with Crippen LogP contribution >= 0.6 is 7.14 Å². The molecule has 0 aromatic heterocycles. The van der Waals surface area contributed by atoms with Crippen molar-refractivity contribution in [3.63, 3.8) is 0 Å². The molecule has 0 aliphatic carbocycles. The molecule has 0 spiro atoms. The maximum Gasteiger partial charge on any atom is 0.146 e. The number of benzene rings is 3. The molecule has 3 aromatic carbocycles. The molecule has 0 radical (unpaired) electrons. The lowest BCUT2D eigenvalue weighted by Gasteiger charge is -2.24. The molecule has 0 heterocycles. The Morgan fingerprint density at radius 1 is 0.700 bits per heavy atom. The van der Waals surface area contributed by atoms with Crippen molar-refractivity contribution in [2.45, 2.75) is 6.42 Å². The van der Waals surface area contributed by atoms with Crippen molar-refractivity contribution in [2.24, 2.45) is 0 Å². The maximum absolute atomic E-state index is 14.7. The van der Waals surface area contributed by atoms with Crippen molar-refractivity contribution < 1.29 is 4.57 Å². The topological polar surface area (TPSA) is 64.7 Å². The van der Waals surface area contributed by atoms with E-state index in [-0.39, 0.29) is 0 Å². The molecule has 30 heavy (non-hydrogen) atoms. The molecular formula is C26H21N2OP. The first-order chi connectivity index (χ1) is 14.7. The van der Waals surface area contributed by atoms with Crippen LogP contribution in [0, 0.1) is 22.7 Å². The van der Waals surface area contributed by atoms with E-state index in [2.05, 4.69) is 12.1 Å². The number of allylic oxidation sites excluding steroid dienone is 2. The summed E-state index contributed by atoms with van der Waals surface area (Å²) in [5.74, 6) is 0. The van der Waals surface area contributed by atoms with Crippen molar-refractivity contribution >= 4 is 17.8 Å². The lowest BCUT2D eigenvalue weighted by atomic mass is 10.2. The Morgan fingerprint density at radius 3 is 1.50 bits per heavy atom. The number of nitriles is 2. The summed E-state index contributed by atoms with van der Waals surface area (Å²) < 4.78 is 14.7. The van der Waals surface area contributed by atoms with Crippen molar-refractivity contribution in [1.29, 1.82) is 10.5 Å². The van der Waals surface area contributed by atoms with Crippen LogP contribution in [0.2, 0.25) is 0 Å². The van der Waals surface area contributed by atoms with Crippen LogP contribution in [-0.2, 0) is 11.0 Å². The SMILES string of the molecule is N#C/C=C(/c1ccccc1)P(=O)(CCc1ccccc1)/C(=C\C#N)c1ccccc1. The molecule has 0 saturated heterocycles. The van der Waals surface area contributed by atoms with Gasteiger partial charge in [0.05, 0.1) is 12.1 Å². The second-order valence-corrected chi connectivity index (χ2v) is 9.64. The predicted octanol–water partition coefficient (Wildman–Crippen LogP) is 6.72. The average Bonchev–Trinajstić information content (AvgIpc) is 2.81. The van der Waals surface area contributed by atoms with Gasteiger partial charge in [0.1, 0.15) is 7.14 Å². The molecule has 3 rings (SSSR count). The Kier molecular flexibility index (Phi) is 7.18. The van der Waals surface area contributed by atoms with Crippen molar-refractivity contribution in [2.75, 3.05) is 6.16 Å². The molecule has 0 fully saturated rings. The Morgan fingerprint density at radius 2 is 1.10 bits per heavy atom. The van der Waals surface area contributed by atoms with Gasteiger partial charge in [-0.1, -0.05) is 91.0 Å². The maximum atomic E-state index is 14.7. The van der Waals surface area contributed by atoms with Gasteiger partial charge in [0.15, 0.2) is 0 Å². The monoisotopic (exact) mass is 408 g/mol. The lowest BCUT2D eigenvalue weighted by Crippen LogP contribution is -2.01. The van der Waals surface area contributed by atoms with Crippen LogP contribution in [0.1, 0.15) is 16.7 Å². The molecule has 146 valence electrons. The molecule has 0 aliphatic heterocycles. The molecule has 3 aromatic rings. The third-order valence-electron chi connectivity index (χ3n) is 4.88. The van der Waals surface area contributed by atoms with E-state index in [1.807, 2.05) is 91.0 Å². The number of rotatable bonds is 7. The molecule has 3 nitrogen and oxygen atoms in total. The van der Waals surface area contributed by atoms with Crippen LogP contribution in [-0.4, -0.2) is 6.16 Å². The predicted molar refractivity (Wildman–Crippen MR) is 123 cm³/mol. The van der Waals surface area contributed by atoms with E-state index in [0.717, 1.165) is 16.7 Å². The van der Waals surface area contributed by atoms with Crippen LogP contribution in [0.15, 0.2) is 103 Å². The molecule has 0 N–H and O–H groups in total. The smallest absolute Gasteiger partial charge is 0.146 e. The first-order valence-electron chi connectivity index (χ1n) is 9.63. The van der Waals surface area contributed by atoms with Crippen molar-refractivity contribution in [3.8, 4) is 12.1 Å². The van der Waals surface area contributed by atoms with Crippen LogP contribution in [0.3, 0.4) is 0 Å². The standard InChI is InChI=1S/C26H21N2OP/c27-19-16-25(23-12-6-2-7-13-23)30(29,21-18-22-10-4-1-5-11-22)26(17-20-28)24-14-8-3-9-15-24/h1-17H,18,21H2/b25-16-,26-17-. The second-order valence-electron chi connectivity index (χ2n) is 6.75. The second kappa shape index (κ2) is 10.2. The lowest BCUT2D eigenvalue weighted by molar-refractivity contribution is 0.587. The molecule has 0 bridgehead atoms. The minimum Gasteiger partial charge on any atom is -0.314 e. The van der Waals surface area contributed by atoms with E-state index in [4.69, 9.17) is 0 Å². The van der Waals surface area contributed by atoms with E-state index >= 15 is 0 Å². The minimum atomic E-state index is -3.30. The summed E-state index contributed by atoms with van der Waals surface area (Å²) in [5, 5.41) is 20.0. The summed E-state index contributed by atoms with van der Waals surface area (Å²) in [7, 11) is -3.30. The van der Waals surface area contributed by atoms with Crippen LogP contribution in [0.5, 0.6) is 0 Å². The molecule has 0 amide bonds. The summed E-state index contributed by atoms with van der Waals surface area (Å²) in [4.78, 5) is 0. The molecule has 4 heteroatoms. The minimum absolute atomic E-state index is 0.321. The Hall–Kier alpha value is -3.65. The molecular weight excluding hydrogens is 387 g/mol. The zero-order valence-electron chi connectivity index (χ0n) is 16.5. The fraction of sp³-hybridized carbons (Fsp3) is 0.0769. The summed E-state index contributed by atoms with van der Waals surface area (Å²) in [5.41, 5.74) is 2.52. The van der Waals surface area contributed by atoms with Gasteiger partial charge in [-0.05, 0) is 23.1 Å². The number of hydrogen-bond donors (Lipinski definition) is 0. The van der Waals surface area contributed by atoms with Crippen LogP contribution in [0.4, 0.5) is 0 Å². The molecule has 0 unspecified atom stereocenters. The molecule has 0 aliphatic rings. The normalized spacial score (nSPS) is 13.7. The first kappa shape index (κ1) is 21.1. The zero-order chi connectivity index (χ0) is 21.2. The van der Waals surface area contributed by atoms with E-state index in [1.165, 1.54) is 12.2 Å². The van der Waals surface area contributed by atoms with Gasteiger partial charge in [0.25, 0.3) is 0 Å². The van der Waals surface area contributed by atoms with Gasteiger partial charge in [-0.25, -0.2) is 0 Å². The van der Waals surface area contributed by atoms with Gasteiger partial charge in [0, 0.05) is 28.9 Å². The number of aryl methyl sites for hydroxylation is 1.